The molecule has 0 aliphatic heterocycles. The number of amides is 1. The summed E-state index contributed by atoms with van der Waals surface area (Å²) in [5.41, 5.74) is 6.68. The van der Waals surface area contributed by atoms with Crippen molar-refractivity contribution < 1.29 is 9.90 Å². The summed E-state index contributed by atoms with van der Waals surface area (Å²) >= 11 is 0. The molecule has 0 unspecified atom stereocenters. The van der Waals surface area contributed by atoms with Gasteiger partial charge in [0.2, 0.25) is 0 Å². The van der Waals surface area contributed by atoms with Crippen LogP contribution in [0.1, 0.15) is 42.6 Å². The van der Waals surface area contributed by atoms with Crippen molar-refractivity contribution in [3.05, 3.63) is 18.0 Å². The SMILES string of the molecule is Nc1c[nH]c(C(=O)N(CCO)C2CCCCC2)c1. The Labute approximate surface area is 107 Å². The van der Waals surface area contributed by atoms with Gasteiger partial charge in [0.05, 0.1) is 6.61 Å². The van der Waals surface area contributed by atoms with Crippen LogP contribution in [-0.2, 0) is 0 Å². The van der Waals surface area contributed by atoms with Crippen molar-refractivity contribution in [1.29, 1.82) is 0 Å². The number of hydrogen-bond donors (Lipinski definition) is 3. The van der Waals surface area contributed by atoms with Gasteiger partial charge in [-0.1, -0.05) is 19.3 Å². The molecular formula is C13H21N3O2. The van der Waals surface area contributed by atoms with Crippen LogP contribution in [0.15, 0.2) is 12.3 Å². The molecule has 0 radical (unpaired) electrons. The van der Waals surface area contributed by atoms with E-state index in [-0.39, 0.29) is 18.6 Å². The van der Waals surface area contributed by atoms with Crippen LogP contribution < -0.4 is 5.73 Å². The molecule has 0 spiro atoms. The van der Waals surface area contributed by atoms with Gasteiger partial charge in [-0.2, -0.15) is 0 Å². The molecule has 1 aliphatic carbocycles. The monoisotopic (exact) mass is 251 g/mol. The van der Waals surface area contributed by atoms with Gasteiger partial charge in [-0.05, 0) is 18.9 Å². The Morgan fingerprint density at radius 1 is 1.44 bits per heavy atom. The lowest BCUT2D eigenvalue weighted by Crippen LogP contribution is -2.43. The van der Waals surface area contributed by atoms with E-state index in [2.05, 4.69) is 4.98 Å². The fraction of sp³-hybridized carbons (Fsp3) is 0.615. The highest BCUT2D eigenvalue weighted by atomic mass is 16.3. The lowest BCUT2D eigenvalue weighted by Gasteiger charge is -2.33. The standard InChI is InChI=1S/C13H21N3O2/c14-10-8-12(15-9-10)13(18)16(6-7-17)11-4-2-1-3-5-11/h8-9,11,15,17H,1-7,14H2. The molecule has 0 atom stereocenters. The number of carbonyl (C=O) groups is 1. The summed E-state index contributed by atoms with van der Waals surface area (Å²) in [6.07, 6.45) is 7.24. The maximum atomic E-state index is 12.4. The molecule has 18 heavy (non-hydrogen) atoms. The van der Waals surface area contributed by atoms with Gasteiger partial charge in [0.25, 0.3) is 5.91 Å². The molecule has 0 aromatic carbocycles. The molecule has 0 bridgehead atoms. The molecule has 2 rings (SSSR count). The number of aliphatic hydroxyl groups excluding tert-OH is 1. The first-order valence-corrected chi connectivity index (χ1v) is 6.58. The minimum atomic E-state index is -0.0624. The van der Waals surface area contributed by atoms with Crippen LogP contribution in [0, 0.1) is 0 Å². The summed E-state index contributed by atoms with van der Waals surface area (Å²) in [5, 5.41) is 9.14. The zero-order chi connectivity index (χ0) is 13.0. The molecule has 5 heteroatoms. The quantitative estimate of drug-likeness (QED) is 0.755. The number of aromatic nitrogens is 1. The average molecular weight is 251 g/mol. The molecule has 1 aromatic rings. The Morgan fingerprint density at radius 2 is 2.17 bits per heavy atom. The number of hydrogen-bond acceptors (Lipinski definition) is 3. The highest BCUT2D eigenvalue weighted by molar-refractivity contribution is 5.93. The fourth-order valence-electron chi connectivity index (χ4n) is 2.64. The number of H-pyrrole nitrogens is 1. The van der Waals surface area contributed by atoms with Crippen molar-refractivity contribution in [3.63, 3.8) is 0 Å². The molecule has 0 saturated heterocycles. The molecule has 1 aliphatic rings. The van der Waals surface area contributed by atoms with Gasteiger partial charge in [-0.25, -0.2) is 0 Å². The molecular weight excluding hydrogens is 230 g/mol. The van der Waals surface area contributed by atoms with E-state index in [1.54, 1.807) is 17.2 Å². The number of aliphatic hydroxyl groups is 1. The Bertz CT molecular complexity index is 397. The van der Waals surface area contributed by atoms with Crippen molar-refractivity contribution in [1.82, 2.24) is 9.88 Å². The van der Waals surface area contributed by atoms with Gasteiger partial charge < -0.3 is 20.7 Å². The van der Waals surface area contributed by atoms with E-state index in [0.29, 0.717) is 17.9 Å². The Kier molecular flexibility index (Phi) is 4.25. The van der Waals surface area contributed by atoms with Crippen LogP contribution in [-0.4, -0.2) is 40.1 Å². The third kappa shape index (κ3) is 2.85. The number of nitrogen functional groups attached to an aromatic ring is 1. The lowest BCUT2D eigenvalue weighted by atomic mass is 9.94. The molecule has 4 N–H and O–H groups in total. The predicted molar refractivity (Wildman–Crippen MR) is 70.2 cm³/mol. The molecule has 5 nitrogen and oxygen atoms in total. The minimum absolute atomic E-state index is 0.00156. The maximum absolute atomic E-state index is 12.4. The summed E-state index contributed by atoms with van der Waals surface area (Å²) in [6.45, 7) is 0.390. The van der Waals surface area contributed by atoms with Crippen molar-refractivity contribution in [3.8, 4) is 0 Å². The Morgan fingerprint density at radius 3 is 2.72 bits per heavy atom. The van der Waals surface area contributed by atoms with Crippen molar-refractivity contribution in [2.24, 2.45) is 0 Å². The van der Waals surface area contributed by atoms with Crippen molar-refractivity contribution in [2.45, 2.75) is 38.1 Å². The number of nitrogens with zero attached hydrogens (tertiary/aromatic N) is 1. The number of nitrogens with two attached hydrogens (primary N) is 1. The van der Waals surface area contributed by atoms with Crippen LogP contribution in [0.3, 0.4) is 0 Å². The van der Waals surface area contributed by atoms with Crippen molar-refractivity contribution in [2.75, 3.05) is 18.9 Å². The van der Waals surface area contributed by atoms with E-state index in [0.717, 1.165) is 25.7 Å². The number of anilines is 1. The molecule has 1 amide bonds. The largest absolute Gasteiger partial charge is 0.397 e. The van der Waals surface area contributed by atoms with Gasteiger partial charge in [-0.3, -0.25) is 4.79 Å². The lowest BCUT2D eigenvalue weighted by molar-refractivity contribution is 0.0580. The summed E-state index contributed by atoms with van der Waals surface area (Å²) in [7, 11) is 0. The molecule has 1 aromatic heterocycles. The minimum Gasteiger partial charge on any atom is -0.397 e. The molecule has 1 fully saturated rings. The van der Waals surface area contributed by atoms with E-state index < -0.39 is 0 Å². The summed E-state index contributed by atoms with van der Waals surface area (Å²) in [5.74, 6) is -0.0624. The van der Waals surface area contributed by atoms with E-state index in [9.17, 15) is 4.79 Å². The Hall–Kier alpha value is -1.49. The third-order valence-electron chi connectivity index (χ3n) is 3.55. The first-order valence-electron chi connectivity index (χ1n) is 6.58. The first kappa shape index (κ1) is 13.0. The smallest absolute Gasteiger partial charge is 0.270 e. The zero-order valence-corrected chi connectivity index (χ0v) is 10.6. The second kappa shape index (κ2) is 5.91. The predicted octanol–water partition coefficient (Wildman–Crippen LogP) is 1.36. The van der Waals surface area contributed by atoms with E-state index in [1.807, 2.05) is 0 Å². The van der Waals surface area contributed by atoms with Crippen LogP contribution in [0.25, 0.3) is 0 Å². The Balaban J connectivity index is 2.10. The zero-order valence-electron chi connectivity index (χ0n) is 10.6. The molecule has 1 heterocycles. The van der Waals surface area contributed by atoms with E-state index in [1.165, 1.54) is 6.42 Å². The number of nitrogens with one attached hydrogen (secondary N) is 1. The van der Waals surface area contributed by atoms with Gasteiger partial charge in [0, 0.05) is 24.5 Å². The van der Waals surface area contributed by atoms with E-state index in [4.69, 9.17) is 10.8 Å². The average Bonchev–Trinajstić information content (AvgIpc) is 2.83. The maximum Gasteiger partial charge on any atom is 0.270 e. The van der Waals surface area contributed by atoms with Gasteiger partial charge in [0.1, 0.15) is 5.69 Å². The number of rotatable bonds is 4. The first-order chi connectivity index (χ1) is 8.72. The molecule has 100 valence electrons. The van der Waals surface area contributed by atoms with E-state index >= 15 is 0 Å². The van der Waals surface area contributed by atoms with Crippen LogP contribution in [0.5, 0.6) is 0 Å². The van der Waals surface area contributed by atoms with Crippen LogP contribution >= 0.6 is 0 Å². The second-order valence-electron chi connectivity index (χ2n) is 4.86. The van der Waals surface area contributed by atoms with Gasteiger partial charge in [-0.15, -0.1) is 0 Å². The highest BCUT2D eigenvalue weighted by Gasteiger charge is 2.26. The summed E-state index contributed by atoms with van der Waals surface area (Å²) < 4.78 is 0. The summed E-state index contributed by atoms with van der Waals surface area (Å²) in [4.78, 5) is 17.0. The van der Waals surface area contributed by atoms with Gasteiger partial charge in [0.15, 0.2) is 0 Å². The summed E-state index contributed by atoms with van der Waals surface area (Å²) in [6, 6.07) is 1.90. The van der Waals surface area contributed by atoms with Crippen LogP contribution in [0.4, 0.5) is 5.69 Å². The fourth-order valence-corrected chi connectivity index (χ4v) is 2.64. The molecule has 1 saturated carbocycles. The topological polar surface area (TPSA) is 82.4 Å². The second-order valence-corrected chi connectivity index (χ2v) is 4.86. The highest BCUT2D eigenvalue weighted by Crippen LogP contribution is 2.24. The number of carbonyl (C=O) groups excluding carboxylic acids is 1. The third-order valence-corrected chi connectivity index (χ3v) is 3.55. The van der Waals surface area contributed by atoms with Crippen molar-refractivity contribution >= 4 is 11.6 Å². The van der Waals surface area contributed by atoms with Crippen LogP contribution in [0.2, 0.25) is 0 Å². The number of aromatic amines is 1. The van der Waals surface area contributed by atoms with Gasteiger partial charge >= 0.3 is 0 Å². The normalized spacial score (nSPS) is 16.7.